The standard InChI is InChI=1S/C16H13Cl2NO4/c17-11-7-4-8-12(18)13(11)14(15(20)21)19-16(22)23-9-10-5-2-1-3-6-10/h1-8,14H,9H2,(H,19,22)(H,20,21). The number of carboxylic acids is 1. The highest BCUT2D eigenvalue weighted by Gasteiger charge is 2.27. The highest BCUT2D eigenvalue weighted by Crippen LogP contribution is 2.30. The predicted octanol–water partition coefficient (Wildman–Crippen LogP) is 4.05. The minimum atomic E-state index is -1.40. The van der Waals surface area contributed by atoms with Crippen molar-refractivity contribution in [2.75, 3.05) is 0 Å². The van der Waals surface area contributed by atoms with Crippen LogP contribution >= 0.6 is 23.2 Å². The second-order valence-corrected chi connectivity index (χ2v) is 5.43. The van der Waals surface area contributed by atoms with Gasteiger partial charge in [-0.25, -0.2) is 9.59 Å². The first-order valence-electron chi connectivity index (χ1n) is 6.63. The predicted molar refractivity (Wildman–Crippen MR) is 86.6 cm³/mol. The monoisotopic (exact) mass is 353 g/mol. The summed E-state index contributed by atoms with van der Waals surface area (Å²) in [6.07, 6.45) is -0.878. The third kappa shape index (κ3) is 4.61. The summed E-state index contributed by atoms with van der Waals surface area (Å²) < 4.78 is 5.01. The Labute approximate surface area is 142 Å². The first-order chi connectivity index (χ1) is 11.0. The smallest absolute Gasteiger partial charge is 0.408 e. The van der Waals surface area contributed by atoms with Gasteiger partial charge in [-0.05, 0) is 17.7 Å². The number of hydrogen-bond donors (Lipinski definition) is 2. The average Bonchev–Trinajstić information content (AvgIpc) is 2.52. The molecule has 2 N–H and O–H groups in total. The lowest BCUT2D eigenvalue weighted by Crippen LogP contribution is -2.34. The molecule has 2 aromatic rings. The molecular weight excluding hydrogens is 341 g/mol. The number of ether oxygens (including phenoxy) is 1. The number of benzene rings is 2. The normalized spacial score (nSPS) is 11.6. The van der Waals surface area contributed by atoms with Crippen LogP contribution in [0.5, 0.6) is 0 Å². The van der Waals surface area contributed by atoms with Crippen molar-refractivity contribution >= 4 is 35.3 Å². The van der Waals surface area contributed by atoms with Crippen LogP contribution < -0.4 is 5.32 Å². The van der Waals surface area contributed by atoms with Crippen molar-refractivity contribution in [3.8, 4) is 0 Å². The number of hydrogen-bond acceptors (Lipinski definition) is 3. The van der Waals surface area contributed by atoms with Crippen LogP contribution in [-0.2, 0) is 16.1 Å². The number of carbonyl (C=O) groups excluding carboxylic acids is 1. The van der Waals surface area contributed by atoms with Gasteiger partial charge in [0, 0.05) is 15.6 Å². The first-order valence-corrected chi connectivity index (χ1v) is 7.38. The SMILES string of the molecule is O=C(NC(C(=O)O)c1c(Cl)cccc1Cl)OCc1ccccc1. The number of rotatable bonds is 5. The number of carbonyl (C=O) groups is 2. The molecule has 0 aliphatic heterocycles. The van der Waals surface area contributed by atoms with Crippen molar-refractivity contribution in [3.63, 3.8) is 0 Å². The van der Waals surface area contributed by atoms with E-state index < -0.39 is 18.1 Å². The van der Waals surface area contributed by atoms with Crippen LogP contribution in [0.4, 0.5) is 4.79 Å². The lowest BCUT2D eigenvalue weighted by Gasteiger charge is -2.17. The Bertz CT molecular complexity index is 686. The molecule has 0 aliphatic carbocycles. The molecule has 0 aromatic heterocycles. The summed E-state index contributed by atoms with van der Waals surface area (Å²) in [5.74, 6) is -1.29. The van der Waals surface area contributed by atoms with Crippen molar-refractivity contribution < 1.29 is 19.4 Å². The van der Waals surface area contributed by atoms with Gasteiger partial charge in [0.05, 0.1) is 0 Å². The molecule has 0 bridgehead atoms. The fraction of sp³-hybridized carbons (Fsp3) is 0.125. The molecule has 2 rings (SSSR count). The van der Waals surface area contributed by atoms with Gasteiger partial charge in [-0.3, -0.25) is 0 Å². The van der Waals surface area contributed by atoms with Gasteiger partial charge in [0.2, 0.25) is 0 Å². The maximum Gasteiger partial charge on any atom is 0.408 e. The van der Waals surface area contributed by atoms with E-state index in [0.717, 1.165) is 5.56 Å². The molecule has 1 unspecified atom stereocenters. The highest BCUT2D eigenvalue weighted by atomic mass is 35.5. The molecule has 1 atom stereocenters. The molecule has 23 heavy (non-hydrogen) atoms. The zero-order chi connectivity index (χ0) is 16.8. The Morgan fingerprint density at radius 1 is 1.04 bits per heavy atom. The van der Waals surface area contributed by atoms with E-state index in [9.17, 15) is 14.7 Å². The van der Waals surface area contributed by atoms with Crippen LogP contribution in [-0.4, -0.2) is 17.2 Å². The van der Waals surface area contributed by atoms with Gasteiger partial charge in [0.15, 0.2) is 6.04 Å². The van der Waals surface area contributed by atoms with Gasteiger partial charge >= 0.3 is 12.1 Å². The number of carboxylic acid groups (broad SMARTS) is 1. The molecular formula is C16H13Cl2NO4. The second kappa shape index (κ2) is 7.85. The van der Waals surface area contributed by atoms with Gasteiger partial charge < -0.3 is 15.2 Å². The van der Waals surface area contributed by atoms with Crippen LogP contribution in [0.2, 0.25) is 10.0 Å². The lowest BCUT2D eigenvalue weighted by atomic mass is 10.1. The van der Waals surface area contributed by atoms with Crippen LogP contribution in [0.25, 0.3) is 0 Å². The summed E-state index contributed by atoms with van der Waals surface area (Å²) in [6.45, 7) is 0.0231. The largest absolute Gasteiger partial charge is 0.479 e. The Kier molecular flexibility index (Phi) is 5.84. The molecule has 120 valence electrons. The van der Waals surface area contributed by atoms with Gasteiger partial charge in [0.1, 0.15) is 6.61 Å². The molecule has 1 amide bonds. The van der Waals surface area contributed by atoms with Gasteiger partial charge in [0.25, 0.3) is 0 Å². The van der Waals surface area contributed by atoms with E-state index in [2.05, 4.69) is 5.32 Å². The van der Waals surface area contributed by atoms with E-state index in [4.69, 9.17) is 27.9 Å². The third-order valence-electron chi connectivity index (χ3n) is 3.01. The number of amides is 1. The fourth-order valence-electron chi connectivity index (χ4n) is 1.93. The maximum atomic E-state index is 11.8. The van der Waals surface area contributed by atoms with E-state index in [1.807, 2.05) is 6.07 Å². The average molecular weight is 354 g/mol. The van der Waals surface area contributed by atoms with Crippen LogP contribution in [0.15, 0.2) is 48.5 Å². The minimum Gasteiger partial charge on any atom is -0.479 e. The zero-order valence-corrected chi connectivity index (χ0v) is 13.3. The van der Waals surface area contributed by atoms with Crippen molar-refractivity contribution in [1.29, 1.82) is 0 Å². The summed E-state index contributed by atoms with van der Waals surface area (Å²) in [5, 5.41) is 11.9. The van der Waals surface area contributed by atoms with E-state index in [1.165, 1.54) is 12.1 Å². The van der Waals surface area contributed by atoms with Gasteiger partial charge in [-0.2, -0.15) is 0 Å². The summed E-state index contributed by atoms with van der Waals surface area (Å²) >= 11 is 12.0. The van der Waals surface area contributed by atoms with Crippen molar-refractivity contribution in [2.24, 2.45) is 0 Å². The van der Waals surface area contributed by atoms with Crippen LogP contribution in [0, 0.1) is 0 Å². The van der Waals surface area contributed by atoms with Crippen LogP contribution in [0.3, 0.4) is 0 Å². The number of aliphatic carboxylic acids is 1. The summed E-state index contributed by atoms with van der Waals surface area (Å²) in [7, 11) is 0. The van der Waals surface area contributed by atoms with Crippen molar-refractivity contribution in [1.82, 2.24) is 5.32 Å². The van der Waals surface area contributed by atoms with Gasteiger partial charge in [-0.15, -0.1) is 0 Å². The first kappa shape index (κ1) is 17.1. The number of nitrogens with one attached hydrogen (secondary N) is 1. The number of halogens is 2. The summed E-state index contributed by atoms with van der Waals surface area (Å²) in [6, 6.07) is 12.2. The second-order valence-electron chi connectivity index (χ2n) is 4.61. The van der Waals surface area contributed by atoms with E-state index in [1.54, 1.807) is 30.3 Å². The molecule has 2 aromatic carbocycles. The molecule has 0 saturated heterocycles. The van der Waals surface area contributed by atoms with Gasteiger partial charge in [-0.1, -0.05) is 59.6 Å². The molecule has 0 aliphatic rings. The highest BCUT2D eigenvalue weighted by molar-refractivity contribution is 6.36. The lowest BCUT2D eigenvalue weighted by molar-refractivity contribution is -0.139. The number of alkyl carbamates (subject to hydrolysis) is 1. The Hall–Kier alpha value is -2.24. The van der Waals surface area contributed by atoms with Crippen molar-refractivity contribution in [2.45, 2.75) is 12.6 Å². The summed E-state index contributed by atoms with van der Waals surface area (Å²) in [5.41, 5.74) is 0.894. The fourth-order valence-corrected chi connectivity index (χ4v) is 2.54. The topological polar surface area (TPSA) is 75.6 Å². The van der Waals surface area contributed by atoms with Crippen LogP contribution in [0.1, 0.15) is 17.2 Å². The molecule has 0 fully saturated rings. The molecule has 0 spiro atoms. The Balaban J connectivity index is 2.08. The molecule has 7 heteroatoms. The summed E-state index contributed by atoms with van der Waals surface area (Å²) in [4.78, 5) is 23.3. The van der Waals surface area contributed by atoms with E-state index in [-0.39, 0.29) is 22.2 Å². The third-order valence-corrected chi connectivity index (χ3v) is 3.67. The Morgan fingerprint density at radius 3 is 2.22 bits per heavy atom. The van der Waals surface area contributed by atoms with E-state index >= 15 is 0 Å². The zero-order valence-electron chi connectivity index (χ0n) is 11.8. The Morgan fingerprint density at radius 2 is 1.65 bits per heavy atom. The molecule has 0 radical (unpaired) electrons. The quantitative estimate of drug-likeness (QED) is 0.850. The molecule has 0 heterocycles. The van der Waals surface area contributed by atoms with Crippen molar-refractivity contribution in [3.05, 3.63) is 69.7 Å². The molecule has 0 saturated carbocycles. The van der Waals surface area contributed by atoms with E-state index in [0.29, 0.717) is 0 Å². The maximum absolute atomic E-state index is 11.8. The minimum absolute atomic E-state index is 0.0231. The molecule has 5 nitrogen and oxygen atoms in total.